The Balaban J connectivity index is 3.31. The van der Waals surface area contributed by atoms with Crippen molar-refractivity contribution in [3.05, 3.63) is 21.9 Å². The Morgan fingerprint density at radius 1 is 1.40 bits per heavy atom. The number of anilines is 2. The first-order valence-corrected chi connectivity index (χ1v) is 5.81. The number of halogens is 2. The van der Waals surface area contributed by atoms with Crippen molar-refractivity contribution in [1.29, 1.82) is 0 Å². The Bertz CT molecular complexity index is 362. The van der Waals surface area contributed by atoms with E-state index in [1.165, 1.54) is 6.07 Å². The van der Waals surface area contributed by atoms with Gasteiger partial charge in [0, 0.05) is 19.2 Å². The Kier molecular flexibility index (Phi) is 3.97. The van der Waals surface area contributed by atoms with Crippen molar-refractivity contribution in [2.45, 2.75) is 20.8 Å². The second-order valence-corrected chi connectivity index (χ2v) is 4.20. The minimum absolute atomic E-state index is 0.261. The van der Waals surface area contributed by atoms with Crippen LogP contribution >= 0.6 is 15.9 Å². The standard InChI is InChI=1S/C11H16BrFN2/c1-4-15(5-2)9-6-8(13)10(12)7(3)11(9)14/h6H,4-5,14H2,1-3H3. The van der Waals surface area contributed by atoms with Crippen LogP contribution in [0.25, 0.3) is 0 Å². The molecule has 0 fully saturated rings. The fourth-order valence-electron chi connectivity index (χ4n) is 1.58. The molecule has 0 amide bonds. The van der Waals surface area contributed by atoms with Crippen molar-refractivity contribution in [2.24, 2.45) is 0 Å². The highest BCUT2D eigenvalue weighted by molar-refractivity contribution is 9.10. The number of hydrogen-bond acceptors (Lipinski definition) is 2. The van der Waals surface area contributed by atoms with E-state index in [4.69, 9.17) is 5.73 Å². The van der Waals surface area contributed by atoms with E-state index in [2.05, 4.69) is 15.9 Å². The van der Waals surface area contributed by atoms with Gasteiger partial charge in [-0.05, 0) is 42.3 Å². The minimum atomic E-state index is -0.261. The molecule has 2 nitrogen and oxygen atoms in total. The van der Waals surface area contributed by atoms with Crippen LogP contribution in [0.3, 0.4) is 0 Å². The van der Waals surface area contributed by atoms with E-state index < -0.39 is 0 Å². The fourth-order valence-corrected chi connectivity index (χ4v) is 1.90. The second-order valence-electron chi connectivity index (χ2n) is 3.40. The van der Waals surface area contributed by atoms with Crippen molar-refractivity contribution in [3.63, 3.8) is 0 Å². The van der Waals surface area contributed by atoms with E-state index in [1.54, 1.807) is 0 Å². The first-order valence-electron chi connectivity index (χ1n) is 5.01. The zero-order chi connectivity index (χ0) is 11.6. The Labute approximate surface area is 98.4 Å². The van der Waals surface area contributed by atoms with Crippen LogP contribution in [0.4, 0.5) is 15.8 Å². The fraction of sp³-hybridized carbons (Fsp3) is 0.455. The molecule has 0 unspecified atom stereocenters. The highest BCUT2D eigenvalue weighted by atomic mass is 79.9. The summed E-state index contributed by atoms with van der Waals surface area (Å²) in [6, 6.07) is 1.49. The van der Waals surface area contributed by atoms with E-state index >= 15 is 0 Å². The molecule has 0 aliphatic heterocycles. The lowest BCUT2D eigenvalue weighted by Gasteiger charge is -2.24. The lowest BCUT2D eigenvalue weighted by molar-refractivity contribution is 0.619. The molecule has 1 aromatic rings. The van der Waals surface area contributed by atoms with Crippen LogP contribution in [0.5, 0.6) is 0 Å². The van der Waals surface area contributed by atoms with Crippen molar-refractivity contribution < 1.29 is 4.39 Å². The predicted octanol–water partition coefficient (Wildman–Crippen LogP) is 3.33. The SMILES string of the molecule is CCN(CC)c1cc(F)c(Br)c(C)c1N. The van der Waals surface area contributed by atoms with E-state index in [-0.39, 0.29) is 5.82 Å². The van der Waals surface area contributed by atoms with Crippen molar-refractivity contribution in [3.8, 4) is 0 Å². The molecule has 0 heterocycles. The molecule has 0 bridgehead atoms. The summed E-state index contributed by atoms with van der Waals surface area (Å²) in [7, 11) is 0. The van der Waals surface area contributed by atoms with Crippen LogP contribution in [0.1, 0.15) is 19.4 Å². The van der Waals surface area contributed by atoms with Gasteiger partial charge in [-0.1, -0.05) is 0 Å². The van der Waals surface area contributed by atoms with E-state index in [0.717, 1.165) is 24.3 Å². The van der Waals surface area contributed by atoms with Crippen LogP contribution in [0.2, 0.25) is 0 Å². The van der Waals surface area contributed by atoms with Gasteiger partial charge in [0.05, 0.1) is 15.8 Å². The van der Waals surface area contributed by atoms with Gasteiger partial charge >= 0.3 is 0 Å². The molecule has 84 valence electrons. The number of nitrogen functional groups attached to an aromatic ring is 1. The molecular formula is C11H16BrFN2. The lowest BCUT2D eigenvalue weighted by atomic mass is 10.1. The lowest BCUT2D eigenvalue weighted by Crippen LogP contribution is -2.23. The molecule has 2 N–H and O–H groups in total. The molecule has 0 saturated heterocycles. The van der Waals surface area contributed by atoms with Crippen LogP contribution in [-0.4, -0.2) is 13.1 Å². The monoisotopic (exact) mass is 274 g/mol. The molecule has 1 rings (SSSR count). The Morgan fingerprint density at radius 3 is 2.40 bits per heavy atom. The molecule has 0 saturated carbocycles. The van der Waals surface area contributed by atoms with Gasteiger partial charge in [-0.15, -0.1) is 0 Å². The summed E-state index contributed by atoms with van der Waals surface area (Å²) in [5.41, 5.74) is 8.15. The zero-order valence-electron chi connectivity index (χ0n) is 9.27. The minimum Gasteiger partial charge on any atom is -0.397 e. The molecule has 0 radical (unpaired) electrons. The van der Waals surface area contributed by atoms with Gasteiger partial charge in [0.15, 0.2) is 0 Å². The van der Waals surface area contributed by atoms with Gasteiger partial charge in [-0.3, -0.25) is 0 Å². The molecule has 0 atom stereocenters. The summed E-state index contributed by atoms with van der Waals surface area (Å²) >= 11 is 3.18. The number of nitrogens with two attached hydrogens (primary N) is 1. The van der Waals surface area contributed by atoms with Crippen molar-refractivity contribution in [1.82, 2.24) is 0 Å². The predicted molar refractivity (Wildman–Crippen MR) is 66.8 cm³/mol. The molecule has 0 aliphatic rings. The average Bonchev–Trinajstić information content (AvgIpc) is 2.24. The normalized spacial score (nSPS) is 10.5. The van der Waals surface area contributed by atoms with Crippen molar-refractivity contribution >= 4 is 27.3 Å². The quantitative estimate of drug-likeness (QED) is 0.857. The van der Waals surface area contributed by atoms with E-state index in [1.807, 2.05) is 25.7 Å². The van der Waals surface area contributed by atoms with Crippen LogP contribution in [0, 0.1) is 12.7 Å². The summed E-state index contributed by atoms with van der Waals surface area (Å²) in [5, 5.41) is 0. The van der Waals surface area contributed by atoms with Gasteiger partial charge in [-0.2, -0.15) is 0 Å². The van der Waals surface area contributed by atoms with Gasteiger partial charge in [0.2, 0.25) is 0 Å². The Hall–Kier alpha value is -0.770. The maximum Gasteiger partial charge on any atom is 0.139 e. The topological polar surface area (TPSA) is 29.3 Å². The van der Waals surface area contributed by atoms with Crippen molar-refractivity contribution in [2.75, 3.05) is 23.7 Å². The highest BCUT2D eigenvalue weighted by Crippen LogP contribution is 2.33. The third-order valence-electron chi connectivity index (χ3n) is 2.59. The number of nitrogens with zero attached hydrogens (tertiary/aromatic N) is 1. The largest absolute Gasteiger partial charge is 0.397 e. The second kappa shape index (κ2) is 4.84. The van der Waals surface area contributed by atoms with Gasteiger partial charge < -0.3 is 10.6 Å². The van der Waals surface area contributed by atoms with E-state index in [0.29, 0.717) is 10.2 Å². The first-order chi connectivity index (χ1) is 7.02. The molecule has 15 heavy (non-hydrogen) atoms. The molecule has 1 aromatic carbocycles. The van der Waals surface area contributed by atoms with Gasteiger partial charge in [0.25, 0.3) is 0 Å². The number of benzene rings is 1. The molecular weight excluding hydrogens is 259 g/mol. The summed E-state index contributed by atoms with van der Waals surface area (Å²) < 4.78 is 14.0. The number of hydrogen-bond donors (Lipinski definition) is 1. The molecule has 0 spiro atoms. The number of rotatable bonds is 3. The Morgan fingerprint density at radius 2 is 1.93 bits per heavy atom. The molecule has 0 aromatic heterocycles. The highest BCUT2D eigenvalue weighted by Gasteiger charge is 2.14. The first kappa shape index (κ1) is 12.3. The van der Waals surface area contributed by atoms with Gasteiger partial charge in [-0.25, -0.2) is 4.39 Å². The maximum atomic E-state index is 13.5. The van der Waals surface area contributed by atoms with Crippen LogP contribution in [-0.2, 0) is 0 Å². The summed E-state index contributed by atoms with van der Waals surface area (Å²) in [5.74, 6) is -0.261. The summed E-state index contributed by atoms with van der Waals surface area (Å²) in [6.07, 6.45) is 0. The van der Waals surface area contributed by atoms with Crippen LogP contribution < -0.4 is 10.6 Å². The molecule has 0 aliphatic carbocycles. The summed E-state index contributed by atoms with van der Waals surface area (Å²) in [4.78, 5) is 2.04. The summed E-state index contributed by atoms with van der Waals surface area (Å²) in [6.45, 7) is 7.51. The third kappa shape index (κ3) is 2.25. The van der Waals surface area contributed by atoms with Crippen LogP contribution in [0.15, 0.2) is 10.5 Å². The zero-order valence-corrected chi connectivity index (χ0v) is 10.9. The van der Waals surface area contributed by atoms with Gasteiger partial charge in [0.1, 0.15) is 5.82 Å². The smallest absolute Gasteiger partial charge is 0.139 e. The third-order valence-corrected chi connectivity index (χ3v) is 3.56. The molecule has 4 heteroatoms. The maximum absolute atomic E-state index is 13.5. The average molecular weight is 275 g/mol. The van der Waals surface area contributed by atoms with E-state index in [9.17, 15) is 4.39 Å².